The Labute approximate surface area is 51.1 Å². The van der Waals surface area contributed by atoms with Crippen LogP contribution in [0.1, 0.15) is 0 Å². The van der Waals surface area contributed by atoms with Crippen molar-refractivity contribution in [3.8, 4) is 0 Å². The first-order valence-electron chi connectivity index (χ1n) is 0.963. The Kier molecular flexibility index (Phi) is 2.95. The Hall–Kier alpha value is 0.530. The van der Waals surface area contributed by atoms with Crippen LogP contribution in [0.15, 0.2) is 0 Å². The summed E-state index contributed by atoms with van der Waals surface area (Å²) in [7, 11) is -4.94. The molecule has 0 N–H and O–H groups in total. The number of rotatable bonds is 2. The van der Waals surface area contributed by atoms with Gasteiger partial charge in [-0.2, -0.15) is 8.42 Å². The normalized spacial score (nSPS) is 11.7. The zero-order chi connectivity index (χ0) is 5.91. The van der Waals surface area contributed by atoms with Crippen molar-refractivity contribution >= 4 is 10.5 Å². The molecule has 0 spiro atoms. The SMILES string of the molecule is O=S(=O)(F)O[I+][O-]. The molecule has 0 fully saturated rings. The molecule has 0 bridgehead atoms. The topological polar surface area (TPSA) is 66.4 Å². The molecule has 0 rings (SSSR count). The van der Waals surface area contributed by atoms with Gasteiger partial charge < -0.3 is 3.44 Å². The highest BCUT2D eigenvalue weighted by Gasteiger charge is 2.13. The molecular formula is FIO4S. The summed E-state index contributed by atoms with van der Waals surface area (Å²) >= 11 is -2.20. The lowest BCUT2D eigenvalue weighted by molar-refractivity contribution is -1.25. The molecule has 4 nitrogen and oxygen atoms in total. The summed E-state index contributed by atoms with van der Waals surface area (Å²) in [5, 5.41) is 0. The third kappa shape index (κ3) is 6.53. The van der Waals surface area contributed by atoms with Crippen LogP contribution in [0.3, 0.4) is 0 Å². The predicted molar refractivity (Wildman–Crippen MR) is 11.1 cm³/mol. The maximum Gasteiger partial charge on any atom is 0.479 e. The van der Waals surface area contributed by atoms with Gasteiger partial charge in [0.2, 0.25) is 0 Å². The minimum absolute atomic E-state index is 2.20. The van der Waals surface area contributed by atoms with Gasteiger partial charge in [-0.3, -0.25) is 0 Å². The van der Waals surface area contributed by atoms with Gasteiger partial charge in [-0.05, 0) is 0 Å². The second kappa shape index (κ2) is 2.74. The smallest absolute Gasteiger partial charge is 0.479 e. The molecule has 0 unspecified atom stereocenters. The maximum absolute atomic E-state index is 11.0. The van der Waals surface area contributed by atoms with Gasteiger partial charge in [0.25, 0.3) is 0 Å². The molecule has 0 saturated heterocycles. The van der Waals surface area contributed by atoms with Crippen LogP contribution in [0, 0.1) is 0 Å². The summed E-state index contributed by atoms with van der Waals surface area (Å²) in [6.07, 6.45) is 0. The fraction of sp³-hybridized carbons (Fsp3) is 0. The lowest BCUT2D eigenvalue weighted by Gasteiger charge is -1.74. The Balaban J connectivity index is 3.60. The van der Waals surface area contributed by atoms with Gasteiger partial charge >= 0.3 is 32.5 Å². The van der Waals surface area contributed by atoms with Crippen LogP contribution in [0.2, 0.25) is 0 Å². The Bertz CT molecular complexity index is 125. The lowest BCUT2D eigenvalue weighted by Crippen LogP contribution is -3.70. The zero-order valence-corrected chi connectivity index (χ0v) is 5.77. The van der Waals surface area contributed by atoms with Gasteiger partial charge in [-0.25, -0.2) is 0 Å². The van der Waals surface area contributed by atoms with Crippen molar-refractivity contribution in [2.45, 2.75) is 0 Å². The third-order valence-corrected chi connectivity index (χ3v) is 2.03. The van der Waals surface area contributed by atoms with Crippen LogP contribution < -0.4 is 25.5 Å². The Morgan fingerprint density at radius 1 is 1.71 bits per heavy atom. The maximum atomic E-state index is 11.0. The Morgan fingerprint density at radius 3 is 2.14 bits per heavy atom. The molecule has 0 amide bonds. The minimum atomic E-state index is -4.94. The predicted octanol–water partition coefficient (Wildman–Crippen LogP) is -4.50. The van der Waals surface area contributed by atoms with Crippen molar-refractivity contribution in [3.63, 3.8) is 0 Å². The molecule has 0 aliphatic heterocycles. The Morgan fingerprint density at radius 2 is 2.14 bits per heavy atom. The van der Waals surface area contributed by atoms with Crippen LogP contribution in [-0.4, -0.2) is 8.42 Å². The van der Waals surface area contributed by atoms with E-state index in [0.717, 1.165) is 0 Å². The van der Waals surface area contributed by atoms with Crippen molar-refractivity contribution in [2.75, 3.05) is 0 Å². The summed E-state index contributed by atoms with van der Waals surface area (Å²) in [6, 6.07) is 0. The van der Waals surface area contributed by atoms with Gasteiger partial charge in [0.05, 0.1) is 0 Å². The van der Waals surface area contributed by atoms with E-state index in [1.165, 1.54) is 0 Å². The average Bonchev–Trinajstić information content (AvgIpc) is 1.30. The van der Waals surface area contributed by atoms with E-state index >= 15 is 0 Å². The van der Waals surface area contributed by atoms with E-state index in [2.05, 4.69) is 2.51 Å². The first-order chi connectivity index (χ1) is 3.06. The van der Waals surface area contributed by atoms with Crippen molar-refractivity contribution in [1.82, 2.24) is 0 Å². The zero-order valence-electron chi connectivity index (χ0n) is 2.80. The largest absolute Gasteiger partial charge is 0.566 e. The standard InChI is InChI=1S/FIO4S/c1-7(4,5)6-2-3. The van der Waals surface area contributed by atoms with Crippen LogP contribution in [0.25, 0.3) is 0 Å². The summed E-state index contributed by atoms with van der Waals surface area (Å²) in [5.41, 5.74) is 0. The average molecular weight is 242 g/mol. The van der Waals surface area contributed by atoms with E-state index in [1.54, 1.807) is 0 Å². The number of halogens is 2. The highest BCUT2D eigenvalue weighted by molar-refractivity contribution is 7.81. The van der Waals surface area contributed by atoms with E-state index in [0.29, 0.717) is 0 Å². The van der Waals surface area contributed by atoms with E-state index < -0.39 is 32.5 Å². The minimum Gasteiger partial charge on any atom is -0.566 e. The fourth-order valence-corrected chi connectivity index (χ4v) is 0.618. The number of hydrogen-bond acceptors (Lipinski definition) is 4. The van der Waals surface area contributed by atoms with Crippen molar-refractivity contribution < 1.29 is 40.3 Å². The van der Waals surface area contributed by atoms with Crippen LogP contribution >= 0.6 is 0 Å². The lowest BCUT2D eigenvalue weighted by atomic mass is 15.9. The van der Waals surface area contributed by atoms with E-state index in [9.17, 15) is 7.32 Å². The molecule has 0 aromatic carbocycles. The van der Waals surface area contributed by atoms with Gasteiger partial charge in [-0.15, -0.1) is 0 Å². The van der Waals surface area contributed by atoms with Gasteiger partial charge in [0.1, 0.15) is 0 Å². The van der Waals surface area contributed by atoms with Gasteiger partial charge in [-0.1, -0.05) is 3.89 Å². The molecule has 44 valence electrons. The molecule has 0 saturated carbocycles. The van der Waals surface area contributed by atoms with Crippen molar-refractivity contribution in [1.29, 1.82) is 0 Å². The first-order valence-corrected chi connectivity index (χ1v) is 4.03. The monoisotopic (exact) mass is 242 g/mol. The van der Waals surface area contributed by atoms with E-state index in [-0.39, 0.29) is 0 Å². The van der Waals surface area contributed by atoms with Crippen LogP contribution in [0.4, 0.5) is 3.89 Å². The summed E-state index contributed by atoms with van der Waals surface area (Å²) in [4.78, 5) is 0. The van der Waals surface area contributed by atoms with Crippen molar-refractivity contribution in [3.05, 3.63) is 0 Å². The third-order valence-electron chi connectivity index (χ3n) is 0.101. The molecule has 0 radical (unpaired) electrons. The van der Waals surface area contributed by atoms with E-state index in [4.69, 9.17) is 8.42 Å². The molecule has 0 aliphatic carbocycles. The molecule has 7 heavy (non-hydrogen) atoms. The van der Waals surface area contributed by atoms with E-state index in [1.807, 2.05) is 0 Å². The second-order valence-electron chi connectivity index (χ2n) is 0.519. The van der Waals surface area contributed by atoms with Crippen LogP contribution in [-0.2, 0) is 13.0 Å². The molecule has 0 atom stereocenters. The fourth-order valence-electron chi connectivity index (χ4n) is 0.0307. The highest BCUT2D eigenvalue weighted by Crippen LogP contribution is 1.80. The van der Waals surface area contributed by atoms with Crippen molar-refractivity contribution in [2.24, 2.45) is 0 Å². The quantitative estimate of drug-likeness (QED) is 0.361. The summed E-state index contributed by atoms with van der Waals surface area (Å²) < 4.78 is 41.6. The van der Waals surface area contributed by atoms with Gasteiger partial charge in [0.15, 0.2) is 0 Å². The second-order valence-corrected chi connectivity index (χ2v) is 2.87. The molecule has 0 aliphatic rings. The summed E-state index contributed by atoms with van der Waals surface area (Å²) in [5.74, 6) is 0. The molecular weight excluding hydrogens is 242 g/mol. The molecule has 0 heterocycles. The first kappa shape index (κ1) is 7.53. The van der Waals surface area contributed by atoms with Crippen LogP contribution in [0.5, 0.6) is 0 Å². The summed E-state index contributed by atoms with van der Waals surface area (Å²) in [6.45, 7) is 0. The molecule has 7 heteroatoms. The molecule has 0 aromatic heterocycles. The van der Waals surface area contributed by atoms with Gasteiger partial charge in [0, 0.05) is 2.51 Å². The molecule has 0 aromatic rings. The number of hydrogen-bond donors (Lipinski definition) is 0. The highest BCUT2D eigenvalue weighted by atomic mass is 127.